The summed E-state index contributed by atoms with van der Waals surface area (Å²) in [6.45, 7) is 3.11. The Morgan fingerprint density at radius 1 is 1.35 bits per heavy atom. The number of rotatable bonds is 7. The molecule has 1 N–H and O–H groups in total. The molecule has 0 amide bonds. The molecular formula is C17H23F2IN4OS. The molecule has 0 saturated carbocycles. The third-order valence-electron chi connectivity index (χ3n) is 3.48. The Morgan fingerprint density at radius 3 is 2.58 bits per heavy atom. The van der Waals surface area contributed by atoms with Gasteiger partial charge in [-0.15, -0.1) is 35.3 Å². The molecule has 0 radical (unpaired) electrons. The molecule has 9 heteroatoms. The van der Waals surface area contributed by atoms with E-state index < -0.39 is 6.61 Å². The van der Waals surface area contributed by atoms with Crippen molar-refractivity contribution in [3.05, 3.63) is 45.9 Å². The van der Waals surface area contributed by atoms with Gasteiger partial charge in [0.2, 0.25) is 0 Å². The Balaban J connectivity index is 0.00000338. The second-order valence-corrected chi connectivity index (χ2v) is 6.35. The summed E-state index contributed by atoms with van der Waals surface area (Å²) in [6.07, 6.45) is 0. The fraction of sp³-hybridized carbons (Fsp3) is 0.412. The number of nitrogens with one attached hydrogen (secondary N) is 1. The van der Waals surface area contributed by atoms with Crippen LogP contribution in [-0.2, 0) is 13.1 Å². The van der Waals surface area contributed by atoms with Crippen molar-refractivity contribution in [3.63, 3.8) is 0 Å². The predicted octanol–water partition coefficient (Wildman–Crippen LogP) is 4.27. The second kappa shape index (κ2) is 11.3. The molecule has 144 valence electrons. The highest BCUT2D eigenvalue weighted by Crippen LogP contribution is 2.16. The van der Waals surface area contributed by atoms with E-state index >= 15 is 0 Å². The van der Waals surface area contributed by atoms with E-state index in [4.69, 9.17) is 0 Å². The van der Waals surface area contributed by atoms with Crippen LogP contribution in [0.3, 0.4) is 0 Å². The van der Waals surface area contributed by atoms with Crippen molar-refractivity contribution in [1.29, 1.82) is 0 Å². The van der Waals surface area contributed by atoms with Gasteiger partial charge >= 0.3 is 6.61 Å². The number of aliphatic imine (C=N–C) groups is 1. The normalized spacial score (nSPS) is 11.2. The predicted molar refractivity (Wildman–Crippen MR) is 112 cm³/mol. The summed E-state index contributed by atoms with van der Waals surface area (Å²) < 4.78 is 28.8. The molecule has 1 heterocycles. The van der Waals surface area contributed by atoms with Crippen LogP contribution in [0.2, 0.25) is 0 Å². The summed E-state index contributed by atoms with van der Waals surface area (Å²) in [4.78, 5) is 12.0. The van der Waals surface area contributed by atoms with Crippen molar-refractivity contribution in [2.75, 3.05) is 13.6 Å². The van der Waals surface area contributed by atoms with E-state index in [0.29, 0.717) is 13.1 Å². The van der Waals surface area contributed by atoms with Gasteiger partial charge in [-0.3, -0.25) is 0 Å². The van der Waals surface area contributed by atoms with E-state index in [9.17, 15) is 8.78 Å². The van der Waals surface area contributed by atoms with Gasteiger partial charge in [-0.1, -0.05) is 12.1 Å². The van der Waals surface area contributed by atoms with Crippen molar-refractivity contribution in [3.8, 4) is 5.75 Å². The Kier molecular flexibility index (Phi) is 9.78. The molecule has 2 aromatic rings. The van der Waals surface area contributed by atoms with Crippen LogP contribution in [-0.4, -0.2) is 36.0 Å². The fourth-order valence-corrected chi connectivity index (χ4v) is 2.92. The van der Waals surface area contributed by atoms with Gasteiger partial charge in [-0.25, -0.2) is 9.98 Å². The first kappa shape index (κ1) is 22.6. The maximum atomic E-state index is 12.2. The number of guanidine groups is 1. The molecule has 2 rings (SSSR count). The molecule has 5 nitrogen and oxygen atoms in total. The van der Waals surface area contributed by atoms with E-state index in [-0.39, 0.29) is 29.7 Å². The first-order valence-corrected chi connectivity index (χ1v) is 8.79. The quantitative estimate of drug-likeness (QED) is 0.354. The fourth-order valence-electron chi connectivity index (χ4n) is 2.22. The lowest BCUT2D eigenvalue weighted by atomic mass is 10.2. The molecule has 0 aliphatic heterocycles. The summed E-state index contributed by atoms with van der Waals surface area (Å²) in [7, 11) is 1.94. The highest BCUT2D eigenvalue weighted by atomic mass is 127. The van der Waals surface area contributed by atoms with Crippen LogP contribution in [0.4, 0.5) is 8.78 Å². The van der Waals surface area contributed by atoms with Gasteiger partial charge in [0.15, 0.2) is 5.96 Å². The lowest BCUT2D eigenvalue weighted by Crippen LogP contribution is -2.38. The van der Waals surface area contributed by atoms with Crippen molar-refractivity contribution >= 4 is 41.3 Å². The highest BCUT2D eigenvalue weighted by Gasteiger charge is 2.09. The third kappa shape index (κ3) is 7.02. The summed E-state index contributed by atoms with van der Waals surface area (Å²) in [5, 5.41) is 3.26. The van der Waals surface area contributed by atoms with Gasteiger partial charge in [-0.05, 0) is 31.5 Å². The molecule has 0 aliphatic rings. The zero-order valence-corrected chi connectivity index (χ0v) is 18.1. The van der Waals surface area contributed by atoms with Crippen molar-refractivity contribution in [2.45, 2.75) is 33.5 Å². The molecule has 1 aromatic carbocycles. The average Bonchev–Trinajstić information content (AvgIpc) is 2.98. The first-order valence-electron chi connectivity index (χ1n) is 7.91. The number of hydrogen-bond acceptors (Lipinski definition) is 4. The number of nitrogens with zero attached hydrogens (tertiary/aromatic N) is 3. The van der Waals surface area contributed by atoms with Crippen LogP contribution in [0, 0.1) is 6.92 Å². The van der Waals surface area contributed by atoms with Gasteiger partial charge in [0.25, 0.3) is 0 Å². The minimum atomic E-state index is -2.81. The number of ether oxygens (including phenoxy) is 1. The van der Waals surface area contributed by atoms with Crippen LogP contribution in [0.5, 0.6) is 5.75 Å². The number of alkyl halides is 2. The molecule has 0 atom stereocenters. The van der Waals surface area contributed by atoms with Crippen LogP contribution >= 0.6 is 35.3 Å². The SMILES string of the molecule is CCNC(=NCc1scnc1C)N(C)Cc1ccc(OC(F)F)cc1.I. The van der Waals surface area contributed by atoms with Gasteiger partial charge in [-0.2, -0.15) is 8.78 Å². The molecule has 0 fully saturated rings. The largest absolute Gasteiger partial charge is 0.435 e. The minimum absolute atomic E-state index is 0. The van der Waals surface area contributed by atoms with E-state index in [0.717, 1.165) is 28.6 Å². The zero-order chi connectivity index (χ0) is 18.2. The van der Waals surface area contributed by atoms with Crippen molar-refractivity contribution < 1.29 is 13.5 Å². The lowest BCUT2D eigenvalue weighted by molar-refractivity contribution is -0.0498. The maximum Gasteiger partial charge on any atom is 0.387 e. The summed E-state index contributed by atoms with van der Waals surface area (Å²) in [5.41, 5.74) is 3.80. The number of benzene rings is 1. The Bertz CT molecular complexity index is 694. The summed E-state index contributed by atoms with van der Waals surface area (Å²) in [5.74, 6) is 0.936. The van der Waals surface area contributed by atoms with Gasteiger partial charge < -0.3 is 15.0 Å². The van der Waals surface area contributed by atoms with Gasteiger partial charge in [0, 0.05) is 25.0 Å². The smallest absolute Gasteiger partial charge is 0.387 e. The Morgan fingerprint density at radius 2 is 2.04 bits per heavy atom. The molecule has 0 saturated heterocycles. The van der Waals surface area contributed by atoms with E-state index in [2.05, 4.69) is 20.0 Å². The summed E-state index contributed by atoms with van der Waals surface area (Å²) >= 11 is 1.59. The molecule has 0 bridgehead atoms. The maximum absolute atomic E-state index is 12.2. The molecular weight excluding hydrogens is 473 g/mol. The molecule has 26 heavy (non-hydrogen) atoms. The number of thiazole rings is 1. The topological polar surface area (TPSA) is 49.8 Å². The first-order chi connectivity index (χ1) is 12.0. The molecule has 0 spiro atoms. The van der Waals surface area contributed by atoms with Crippen molar-refractivity contribution in [1.82, 2.24) is 15.2 Å². The molecule has 0 aliphatic carbocycles. The van der Waals surface area contributed by atoms with E-state index in [1.54, 1.807) is 35.6 Å². The number of halogens is 3. The Labute approximate surface area is 173 Å². The van der Waals surface area contributed by atoms with Crippen LogP contribution in [0.25, 0.3) is 0 Å². The standard InChI is InChI=1S/C17H22F2N4OS.HI/c1-4-20-17(21-9-15-12(2)22-11-25-15)23(3)10-13-5-7-14(8-6-13)24-16(18)19;/h5-8,11,16H,4,9-10H2,1-3H3,(H,20,21);1H. The monoisotopic (exact) mass is 496 g/mol. The van der Waals surface area contributed by atoms with Crippen LogP contribution in [0.1, 0.15) is 23.1 Å². The van der Waals surface area contributed by atoms with Crippen molar-refractivity contribution in [2.24, 2.45) is 4.99 Å². The van der Waals surface area contributed by atoms with E-state index in [1.807, 2.05) is 31.3 Å². The molecule has 0 unspecified atom stereocenters. The third-order valence-corrected chi connectivity index (χ3v) is 4.40. The highest BCUT2D eigenvalue weighted by molar-refractivity contribution is 14.0. The van der Waals surface area contributed by atoms with Gasteiger partial charge in [0.05, 0.1) is 17.7 Å². The van der Waals surface area contributed by atoms with E-state index in [1.165, 1.54) is 0 Å². The number of hydrogen-bond donors (Lipinski definition) is 1. The average molecular weight is 496 g/mol. The van der Waals surface area contributed by atoms with Gasteiger partial charge in [0.1, 0.15) is 5.75 Å². The van der Waals surface area contributed by atoms with Crippen LogP contribution < -0.4 is 10.1 Å². The minimum Gasteiger partial charge on any atom is -0.435 e. The second-order valence-electron chi connectivity index (χ2n) is 5.41. The molecule has 1 aromatic heterocycles. The zero-order valence-electron chi connectivity index (χ0n) is 14.9. The number of aromatic nitrogens is 1. The summed E-state index contributed by atoms with van der Waals surface area (Å²) in [6, 6.07) is 6.62. The van der Waals surface area contributed by atoms with Crippen LogP contribution in [0.15, 0.2) is 34.8 Å². The number of aryl methyl sites for hydroxylation is 1. The Hall–Kier alpha value is -1.49. The lowest BCUT2D eigenvalue weighted by Gasteiger charge is -2.22.